The van der Waals surface area contributed by atoms with E-state index in [0.717, 1.165) is 18.2 Å². The Morgan fingerprint density at radius 3 is 2.60 bits per heavy atom. The number of pyridine rings is 1. The van der Waals surface area contributed by atoms with Crippen molar-refractivity contribution in [2.45, 2.75) is 26.3 Å². The summed E-state index contributed by atoms with van der Waals surface area (Å²) < 4.78 is 0. The average molecular weight is 209 g/mol. The Balaban J connectivity index is 2.73. The van der Waals surface area contributed by atoms with Crippen LogP contribution in [0.1, 0.15) is 20.8 Å². The summed E-state index contributed by atoms with van der Waals surface area (Å²) in [5, 5.41) is 15.4. The van der Waals surface area contributed by atoms with Crippen molar-refractivity contribution < 1.29 is 5.11 Å². The molecule has 0 spiro atoms. The molecule has 1 heterocycles. The first-order chi connectivity index (χ1) is 7.07. The van der Waals surface area contributed by atoms with Crippen LogP contribution in [0.5, 0.6) is 0 Å². The van der Waals surface area contributed by atoms with E-state index in [1.54, 1.807) is 0 Å². The van der Waals surface area contributed by atoms with E-state index in [2.05, 4.69) is 15.6 Å². The van der Waals surface area contributed by atoms with Crippen LogP contribution in [0.15, 0.2) is 18.2 Å². The first-order valence-corrected chi connectivity index (χ1v) is 5.17. The van der Waals surface area contributed by atoms with Crippen LogP contribution < -0.4 is 10.6 Å². The van der Waals surface area contributed by atoms with Gasteiger partial charge in [0.2, 0.25) is 0 Å². The van der Waals surface area contributed by atoms with Crippen molar-refractivity contribution in [3.63, 3.8) is 0 Å². The first kappa shape index (κ1) is 11.8. The number of aromatic nitrogens is 1. The minimum absolute atomic E-state index is 0.0696. The summed E-state index contributed by atoms with van der Waals surface area (Å²) in [4.78, 5) is 4.36. The molecule has 15 heavy (non-hydrogen) atoms. The van der Waals surface area contributed by atoms with Gasteiger partial charge in [-0.2, -0.15) is 0 Å². The molecule has 0 unspecified atom stereocenters. The molecule has 0 aliphatic heterocycles. The largest absolute Gasteiger partial charge is 0.394 e. The third-order valence-electron chi connectivity index (χ3n) is 1.97. The Labute approximate surface area is 90.7 Å². The van der Waals surface area contributed by atoms with Gasteiger partial charge in [-0.05, 0) is 32.9 Å². The van der Waals surface area contributed by atoms with Crippen molar-refractivity contribution in [1.82, 2.24) is 4.98 Å². The molecule has 0 radical (unpaired) electrons. The highest BCUT2D eigenvalue weighted by Crippen LogP contribution is 2.14. The van der Waals surface area contributed by atoms with Gasteiger partial charge in [-0.15, -0.1) is 0 Å². The molecule has 84 valence electrons. The van der Waals surface area contributed by atoms with E-state index in [9.17, 15) is 0 Å². The van der Waals surface area contributed by atoms with Crippen LogP contribution in [0.2, 0.25) is 0 Å². The quantitative estimate of drug-likeness (QED) is 0.691. The number of rotatable bonds is 5. The lowest BCUT2D eigenvalue weighted by Crippen LogP contribution is -2.35. The maximum Gasteiger partial charge on any atom is 0.128 e. The van der Waals surface area contributed by atoms with Gasteiger partial charge in [0.15, 0.2) is 0 Å². The van der Waals surface area contributed by atoms with Crippen LogP contribution in [-0.4, -0.2) is 28.8 Å². The Morgan fingerprint density at radius 2 is 2.00 bits per heavy atom. The van der Waals surface area contributed by atoms with Crippen molar-refractivity contribution in [1.29, 1.82) is 0 Å². The highest BCUT2D eigenvalue weighted by atomic mass is 16.3. The van der Waals surface area contributed by atoms with Gasteiger partial charge >= 0.3 is 0 Å². The number of nitrogens with zero attached hydrogens (tertiary/aromatic N) is 1. The van der Waals surface area contributed by atoms with E-state index in [0.29, 0.717) is 0 Å². The summed E-state index contributed by atoms with van der Waals surface area (Å²) in [5.74, 6) is 1.61. The standard InChI is InChI=1S/C11H19N3O/c1-4-12-9-6-5-7-10(13-9)14-11(2,3)8-15/h5-7,15H,4,8H2,1-3H3,(H2,12,13,14). The monoisotopic (exact) mass is 209 g/mol. The van der Waals surface area contributed by atoms with Gasteiger partial charge in [-0.1, -0.05) is 6.07 Å². The molecular formula is C11H19N3O. The van der Waals surface area contributed by atoms with Crippen LogP contribution >= 0.6 is 0 Å². The minimum atomic E-state index is -0.349. The van der Waals surface area contributed by atoms with E-state index < -0.39 is 0 Å². The molecule has 1 aromatic rings. The van der Waals surface area contributed by atoms with Crippen molar-refractivity contribution >= 4 is 11.6 Å². The fraction of sp³-hybridized carbons (Fsp3) is 0.545. The fourth-order valence-corrected chi connectivity index (χ4v) is 1.17. The lowest BCUT2D eigenvalue weighted by molar-refractivity contribution is 0.234. The lowest BCUT2D eigenvalue weighted by Gasteiger charge is -2.24. The number of hydrogen-bond donors (Lipinski definition) is 3. The highest BCUT2D eigenvalue weighted by molar-refractivity contribution is 5.46. The predicted octanol–water partition coefficient (Wildman–Crippen LogP) is 1.70. The first-order valence-electron chi connectivity index (χ1n) is 5.17. The number of aliphatic hydroxyl groups excluding tert-OH is 1. The van der Waals surface area contributed by atoms with Gasteiger partial charge in [-0.3, -0.25) is 0 Å². The molecule has 0 saturated carbocycles. The van der Waals surface area contributed by atoms with Crippen LogP contribution in [0.3, 0.4) is 0 Å². The summed E-state index contributed by atoms with van der Waals surface area (Å²) in [6.45, 7) is 6.79. The molecule has 4 nitrogen and oxygen atoms in total. The molecule has 0 aliphatic carbocycles. The fourth-order valence-electron chi connectivity index (χ4n) is 1.17. The number of aliphatic hydroxyl groups is 1. The number of nitrogens with one attached hydrogen (secondary N) is 2. The molecule has 0 fully saturated rings. The summed E-state index contributed by atoms with van der Waals surface area (Å²) in [5.41, 5.74) is -0.349. The maximum atomic E-state index is 9.12. The third kappa shape index (κ3) is 3.75. The molecule has 0 aromatic carbocycles. The normalized spacial score (nSPS) is 11.2. The van der Waals surface area contributed by atoms with Crippen molar-refractivity contribution in [3.8, 4) is 0 Å². The van der Waals surface area contributed by atoms with Crippen LogP contribution in [0.4, 0.5) is 11.6 Å². The van der Waals surface area contributed by atoms with Gasteiger partial charge in [0, 0.05) is 6.54 Å². The minimum Gasteiger partial charge on any atom is -0.394 e. The number of anilines is 2. The van der Waals surface area contributed by atoms with E-state index in [4.69, 9.17) is 5.11 Å². The second-order valence-electron chi connectivity index (χ2n) is 4.11. The summed E-state index contributed by atoms with van der Waals surface area (Å²) >= 11 is 0. The van der Waals surface area contributed by atoms with Gasteiger partial charge in [0.25, 0.3) is 0 Å². The molecule has 0 atom stereocenters. The average Bonchev–Trinajstić information content (AvgIpc) is 2.18. The Hall–Kier alpha value is -1.29. The van der Waals surface area contributed by atoms with Crippen molar-refractivity contribution in [3.05, 3.63) is 18.2 Å². The zero-order valence-corrected chi connectivity index (χ0v) is 9.54. The molecule has 0 aliphatic rings. The molecule has 4 heteroatoms. The Kier molecular flexibility index (Phi) is 3.91. The van der Waals surface area contributed by atoms with Gasteiger partial charge < -0.3 is 15.7 Å². The second-order valence-corrected chi connectivity index (χ2v) is 4.11. The van der Waals surface area contributed by atoms with Crippen molar-refractivity contribution in [2.75, 3.05) is 23.8 Å². The van der Waals surface area contributed by atoms with Gasteiger partial charge in [0.05, 0.1) is 12.1 Å². The molecule has 1 aromatic heterocycles. The molecule has 3 N–H and O–H groups in total. The molecule has 0 saturated heterocycles. The molecule has 1 rings (SSSR count). The van der Waals surface area contributed by atoms with Crippen molar-refractivity contribution in [2.24, 2.45) is 0 Å². The van der Waals surface area contributed by atoms with Gasteiger partial charge in [-0.25, -0.2) is 4.98 Å². The Bertz CT molecular complexity index is 312. The molecule has 0 amide bonds. The van der Waals surface area contributed by atoms with Gasteiger partial charge in [0.1, 0.15) is 11.6 Å². The molecule has 0 bridgehead atoms. The number of hydrogen-bond acceptors (Lipinski definition) is 4. The van der Waals surface area contributed by atoms with Crippen LogP contribution in [0.25, 0.3) is 0 Å². The zero-order chi connectivity index (χ0) is 11.3. The van der Waals surface area contributed by atoms with E-state index >= 15 is 0 Å². The van der Waals surface area contributed by atoms with Crippen LogP contribution in [-0.2, 0) is 0 Å². The van der Waals surface area contributed by atoms with E-state index in [-0.39, 0.29) is 12.1 Å². The van der Waals surface area contributed by atoms with E-state index in [1.165, 1.54) is 0 Å². The second kappa shape index (κ2) is 4.98. The smallest absolute Gasteiger partial charge is 0.128 e. The third-order valence-corrected chi connectivity index (χ3v) is 1.97. The summed E-state index contributed by atoms with van der Waals surface area (Å²) in [6.07, 6.45) is 0. The predicted molar refractivity (Wildman–Crippen MR) is 63.2 cm³/mol. The topological polar surface area (TPSA) is 57.2 Å². The van der Waals surface area contributed by atoms with Crippen LogP contribution in [0, 0.1) is 0 Å². The Morgan fingerprint density at radius 1 is 1.33 bits per heavy atom. The highest BCUT2D eigenvalue weighted by Gasteiger charge is 2.16. The SMILES string of the molecule is CCNc1cccc(NC(C)(C)CO)n1. The maximum absolute atomic E-state index is 9.12. The zero-order valence-electron chi connectivity index (χ0n) is 9.54. The lowest BCUT2D eigenvalue weighted by atomic mass is 10.1. The molecular weight excluding hydrogens is 190 g/mol. The van der Waals surface area contributed by atoms with E-state index in [1.807, 2.05) is 39.0 Å². The summed E-state index contributed by atoms with van der Waals surface area (Å²) in [7, 11) is 0. The summed E-state index contributed by atoms with van der Waals surface area (Å²) in [6, 6.07) is 5.74.